The van der Waals surface area contributed by atoms with Gasteiger partial charge in [-0.1, -0.05) is 205 Å². The number of carbonyl (C=O) groups excluding carboxylic acids is 1. The molecule has 0 spiro atoms. The van der Waals surface area contributed by atoms with Crippen LogP contribution in [0.25, 0.3) is 0 Å². The summed E-state index contributed by atoms with van der Waals surface area (Å²) in [6.07, 6.45) is 9.20. The zero-order valence-corrected chi connectivity index (χ0v) is 44.0. The maximum absolute atomic E-state index is 13.5. The van der Waals surface area contributed by atoms with Crippen LogP contribution in [0.15, 0.2) is 121 Å². The fraction of sp³-hybridized carbons (Fsp3) is 0.583. The van der Waals surface area contributed by atoms with Crippen molar-refractivity contribution in [2.45, 2.75) is 199 Å². The van der Waals surface area contributed by atoms with Crippen LogP contribution in [-0.2, 0) is 69.1 Å². The Hall–Kier alpha value is -4.21. The molecule has 1 saturated heterocycles. The van der Waals surface area contributed by atoms with Gasteiger partial charge in [-0.05, 0) is 55.9 Å². The summed E-state index contributed by atoms with van der Waals surface area (Å²) in [5.41, 5.74) is 3.22. The van der Waals surface area contributed by atoms with E-state index in [1.807, 2.05) is 142 Å². The fourth-order valence-electron chi connectivity index (χ4n) is 8.97. The Morgan fingerprint density at radius 2 is 1.06 bits per heavy atom. The Balaban J connectivity index is 1.37. The molecular weight excluding hydrogens is 911 g/mol. The summed E-state index contributed by atoms with van der Waals surface area (Å²) in [7, 11) is 1.54. The minimum absolute atomic E-state index is 0.0764. The molecule has 0 aromatic heterocycles. The number of nitrogens with one attached hydrogen (secondary N) is 1. The lowest BCUT2D eigenvalue weighted by molar-refractivity contribution is -0.328. The van der Waals surface area contributed by atoms with Crippen LogP contribution >= 0.6 is 0 Å². The summed E-state index contributed by atoms with van der Waals surface area (Å²) in [4.78, 5) is 13.5. The molecule has 2 N–H and O–H groups in total. The van der Waals surface area contributed by atoms with Gasteiger partial charge in [-0.3, -0.25) is 0 Å². The SMILES string of the molecule is CCCCCCCCCCCCCC[C@H](O)[C@@H](OCOC)[C@H](CCO[C@H]1O[C@H](COCc2ccccc2)[C@H](OCc2ccccc2)[C@H](OCc2ccccc2)[C@H]1OCc1ccccc1)NC(=O)OC(C)(C)C. The zero-order chi connectivity index (χ0) is 51.1. The van der Waals surface area contributed by atoms with Gasteiger partial charge in [0.05, 0.1) is 51.8 Å². The van der Waals surface area contributed by atoms with Crippen molar-refractivity contribution >= 4 is 6.09 Å². The van der Waals surface area contributed by atoms with Crippen LogP contribution in [0, 0.1) is 0 Å². The Morgan fingerprint density at radius 1 is 0.597 bits per heavy atom. The van der Waals surface area contributed by atoms with Gasteiger partial charge in [0.2, 0.25) is 0 Å². The molecule has 0 saturated carbocycles. The first-order valence-electron chi connectivity index (χ1n) is 26.8. The number of hydrogen-bond acceptors (Lipinski definition) is 11. The van der Waals surface area contributed by atoms with E-state index in [0.29, 0.717) is 19.6 Å². The molecule has 4 aromatic rings. The van der Waals surface area contributed by atoms with Crippen molar-refractivity contribution in [2.75, 3.05) is 27.1 Å². The second-order valence-corrected chi connectivity index (χ2v) is 20.0. The van der Waals surface area contributed by atoms with Gasteiger partial charge in [0.25, 0.3) is 0 Å². The zero-order valence-electron chi connectivity index (χ0n) is 44.0. The highest BCUT2D eigenvalue weighted by molar-refractivity contribution is 5.68. The topological polar surface area (TPSA) is 132 Å². The van der Waals surface area contributed by atoms with Crippen LogP contribution < -0.4 is 5.32 Å². The molecule has 1 amide bonds. The van der Waals surface area contributed by atoms with E-state index in [1.165, 1.54) is 64.9 Å². The summed E-state index contributed by atoms with van der Waals surface area (Å²) in [5.74, 6) is 0. The quantitative estimate of drug-likeness (QED) is 0.0333. The van der Waals surface area contributed by atoms with Crippen molar-refractivity contribution in [1.29, 1.82) is 0 Å². The molecule has 1 aliphatic heterocycles. The second-order valence-electron chi connectivity index (χ2n) is 20.0. The first-order valence-corrected chi connectivity index (χ1v) is 26.8. The van der Waals surface area contributed by atoms with Gasteiger partial charge < -0.3 is 53.1 Å². The van der Waals surface area contributed by atoms with Crippen molar-refractivity contribution < 1.29 is 52.5 Å². The maximum atomic E-state index is 13.5. The molecule has 398 valence electrons. The van der Waals surface area contributed by atoms with Gasteiger partial charge in [0.1, 0.15) is 42.9 Å². The number of methoxy groups -OCH3 is 1. The Kier molecular flexibility index (Phi) is 28.0. The van der Waals surface area contributed by atoms with Crippen molar-refractivity contribution in [3.8, 4) is 0 Å². The van der Waals surface area contributed by atoms with E-state index in [9.17, 15) is 9.90 Å². The Bertz CT molecular complexity index is 1950. The molecule has 72 heavy (non-hydrogen) atoms. The molecule has 0 bridgehead atoms. The van der Waals surface area contributed by atoms with Gasteiger partial charge in [-0.25, -0.2) is 4.79 Å². The molecule has 0 radical (unpaired) electrons. The van der Waals surface area contributed by atoms with Crippen molar-refractivity contribution in [3.05, 3.63) is 144 Å². The van der Waals surface area contributed by atoms with Crippen LogP contribution in [0.5, 0.6) is 0 Å². The summed E-state index contributed by atoms with van der Waals surface area (Å²) >= 11 is 0. The molecular formula is C60H87NO11. The van der Waals surface area contributed by atoms with Gasteiger partial charge in [-0.2, -0.15) is 0 Å². The third kappa shape index (κ3) is 22.9. The van der Waals surface area contributed by atoms with E-state index in [4.69, 9.17) is 42.6 Å². The largest absolute Gasteiger partial charge is 0.444 e. The summed E-state index contributed by atoms with van der Waals surface area (Å²) < 4.78 is 58.1. The minimum atomic E-state index is -0.970. The van der Waals surface area contributed by atoms with E-state index >= 15 is 0 Å². The van der Waals surface area contributed by atoms with Crippen LogP contribution in [-0.4, -0.2) is 92.9 Å². The van der Waals surface area contributed by atoms with E-state index in [-0.39, 0.29) is 39.6 Å². The normalized spacial score (nSPS) is 19.4. The molecule has 0 unspecified atom stereocenters. The lowest BCUT2D eigenvalue weighted by Crippen LogP contribution is -2.62. The fourth-order valence-corrected chi connectivity index (χ4v) is 8.97. The van der Waals surface area contributed by atoms with Crippen LogP contribution in [0.1, 0.15) is 140 Å². The number of aliphatic hydroxyl groups excluding tert-OH is 1. The number of aliphatic hydroxyl groups is 1. The molecule has 4 aromatic carbocycles. The predicted molar refractivity (Wildman–Crippen MR) is 282 cm³/mol. The highest BCUT2D eigenvalue weighted by atomic mass is 16.7. The van der Waals surface area contributed by atoms with Crippen LogP contribution in [0.4, 0.5) is 4.79 Å². The minimum Gasteiger partial charge on any atom is -0.444 e. The van der Waals surface area contributed by atoms with Gasteiger partial charge in [0, 0.05) is 7.11 Å². The molecule has 12 nitrogen and oxygen atoms in total. The van der Waals surface area contributed by atoms with Gasteiger partial charge >= 0.3 is 6.09 Å². The third-order valence-electron chi connectivity index (χ3n) is 12.8. The number of benzene rings is 4. The van der Waals surface area contributed by atoms with E-state index in [2.05, 4.69) is 12.2 Å². The highest BCUT2D eigenvalue weighted by Gasteiger charge is 2.49. The number of ether oxygens (including phenoxy) is 9. The number of hydrogen-bond donors (Lipinski definition) is 2. The molecule has 12 heteroatoms. The molecule has 8 atom stereocenters. The number of unbranched alkanes of at least 4 members (excludes halogenated alkanes) is 11. The third-order valence-corrected chi connectivity index (χ3v) is 12.8. The van der Waals surface area contributed by atoms with Gasteiger partial charge in [-0.15, -0.1) is 0 Å². The first kappa shape index (κ1) is 58.7. The van der Waals surface area contributed by atoms with E-state index < -0.39 is 60.6 Å². The standard InChI is InChI=1S/C60H87NO11/c1-6-7-8-9-10-11-12-13-14-15-16-29-38-52(62)54(70-46-64-5)51(61-59(63)72-60(2,3)4)39-40-66-58-57(69-44-50-36-27-20-28-37-50)56(68-43-49-34-25-19-26-35-49)55(67-42-48-32-23-18-24-33-48)53(71-58)45-65-41-47-30-21-17-22-31-47/h17-28,30-37,51-58,62H,6-16,29,38-46H2,1-5H3,(H,61,63)/t51-,52-,53+,54-,55-,56-,57+,58-/m0/s1. The molecule has 1 aliphatic rings. The predicted octanol–water partition coefficient (Wildman–Crippen LogP) is 12.4. The monoisotopic (exact) mass is 998 g/mol. The van der Waals surface area contributed by atoms with E-state index in [1.54, 1.807) is 0 Å². The summed E-state index contributed by atoms with van der Waals surface area (Å²) in [6.45, 7) is 9.07. The number of carbonyl (C=O) groups is 1. The van der Waals surface area contributed by atoms with Crippen molar-refractivity contribution in [3.63, 3.8) is 0 Å². The lowest BCUT2D eigenvalue weighted by atomic mass is 9.96. The Labute approximate surface area is 431 Å². The molecule has 5 rings (SSSR count). The van der Waals surface area contributed by atoms with Crippen molar-refractivity contribution in [2.24, 2.45) is 0 Å². The van der Waals surface area contributed by atoms with E-state index in [0.717, 1.165) is 41.5 Å². The number of amides is 1. The first-order chi connectivity index (χ1) is 35.1. The van der Waals surface area contributed by atoms with Crippen LogP contribution in [0.2, 0.25) is 0 Å². The smallest absolute Gasteiger partial charge is 0.407 e. The highest BCUT2D eigenvalue weighted by Crippen LogP contribution is 2.32. The number of alkyl carbamates (subject to hydrolysis) is 1. The van der Waals surface area contributed by atoms with Crippen LogP contribution in [0.3, 0.4) is 0 Å². The van der Waals surface area contributed by atoms with Crippen molar-refractivity contribution in [1.82, 2.24) is 5.32 Å². The lowest BCUT2D eigenvalue weighted by Gasteiger charge is -2.46. The van der Waals surface area contributed by atoms with Gasteiger partial charge in [0.15, 0.2) is 6.29 Å². The Morgan fingerprint density at radius 3 is 1.54 bits per heavy atom. The summed E-state index contributed by atoms with van der Waals surface area (Å²) in [5, 5.41) is 14.9. The molecule has 1 heterocycles. The average Bonchev–Trinajstić information content (AvgIpc) is 3.38. The average molecular weight is 998 g/mol. The number of rotatable bonds is 36. The summed E-state index contributed by atoms with van der Waals surface area (Å²) in [6, 6.07) is 39.3. The second kappa shape index (κ2) is 34.3. The maximum Gasteiger partial charge on any atom is 0.407 e. The molecule has 0 aliphatic carbocycles. The molecule has 1 fully saturated rings.